The van der Waals surface area contributed by atoms with E-state index >= 15 is 0 Å². The Balaban J connectivity index is 1.42. The molecule has 25 heavy (non-hydrogen) atoms. The van der Waals surface area contributed by atoms with Gasteiger partial charge < -0.3 is 0 Å². The van der Waals surface area contributed by atoms with Gasteiger partial charge in [-0.25, -0.2) is 9.36 Å². The van der Waals surface area contributed by atoms with E-state index in [2.05, 4.69) is 40.5 Å². The van der Waals surface area contributed by atoms with Gasteiger partial charge in [-0.3, -0.25) is 0 Å². The van der Waals surface area contributed by atoms with Crippen molar-refractivity contribution in [1.29, 1.82) is 0 Å². The van der Waals surface area contributed by atoms with Gasteiger partial charge in [-0.2, -0.15) is 10.2 Å². The summed E-state index contributed by atoms with van der Waals surface area (Å²) in [6.45, 7) is 0. The maximum absolute atomic E-state index is 4.61. The van der Waals surface area contributed by atoms with Crippen LogP contribution in [0.5, 0.6) is 0 Å². The Bertz CT molecular complexity index is 1090. The molecule has 0 amide bonds. The van der Waals surface area contributed by atoms with Crippen molar-refractivity contribution in [3.63, 3.8) is 0 Å². The molecule has 0 N–H and O–H groups in total. The quantitative estimate of drug-likeness (QED) is 0.556. The summed E-state index contributed by atoms with van der Waals surface area (Å²) < 4.78 is 3.90. The van der Waals surface area contributed by atoms with Crippen molar-refractivity contribution in [1.82, 2.24) is 19.6 Å². The van der Waals surface area contributed by atoms with Gasteiger partial charge in [0.1, 0.15) is 5.69 Å². The van der Waals surface area contributed by atoms with Gasteiger partial charge in [0, 0.05) is 5.39 Å². The van der Waals surface area contributed by atoms with Crippen LogP contribution in [0.25, 0.3) is 22.3 Å². The van der Waals surface area contributed by atoms with Crippen molar-refractivity contribution >= 4 is 10.9 Å². The Morgan fingerprint density at radius 3 is 2.60 bits per heavy atom. The van der Waals surface area contributed by atoms with Crippen molar-refractivity contribution in [2.24, 2.45) is 5.41 Å². The van der Waals surface area contributed by atoms with E-state index in [1.807, 2.05) is 46.2 Å². The number of rotatable bonds is 3. The SMILES string of the molecule is c1ccc(-n2cc(-n3ncc4ccc(C5CC56CC6)cc43)cn2)cc1. The van der Waals surface area contributed by atoms with Crippen molar-refractivity contribution in [3.8, 4) is 11.4 Å². The van der Waals surface area contributed by atoms with Crippen LogP contribution < -0.4 is 0 Å². The number of nitrogens with zero attached hydrogens (tertiary/aromatic N) is 4. The molecule has 2 fully saturated rings. The molecule has 2 saturated carbocycles. The highest BCUT2D eigenvalue weighted by molar-refractivity contribution is 5.81. The highest BCUT2D eigenvalue weighted by Crippen LogP contribution is 2.75. The number of fused-ring (bicyclic) bond motifs is 1. The van der Waals surface area contributed by atoms with Gasteiger partial charge in [0.15, 0.2) is 0 Å². The highest BCUT2D eigenvalue weighted by Gasteiger charge is 2.62. The fourth-order valence-electron chi connectivity index (χ4n) is 4.13. The van der Waals surface area contributed by atoms with Crippen LogP contribution in [0.4, 0.5) is 0 Å². The number of hydrogen-bond acceptors (Lipinski definition) is 2. The van der Waals surface area contributed by atoms with E-state index in [1.165, 1.54) is 35.7 Å². The minimum atomic E-state index is 0.677. The second-order valence-electron chi connectivity index (χ2n) is 7.47. The second kappa shape index (κ2) is 4.60. The lowest BCUT2D eigenvalue weighted by Crippen LogP contribution is -1.96. The first-order valence-corrected chi connectivity index (χ1v) is 8.91. The third kappa shape index (κ3) is 2.00. The summed E-state index contributed by atoms with van der Waals surface area (Å²) in [4.78, 5) is 0. The molecule has 4 nitrogen and oxygen atoms in total. The smallest absolute Gasteiger partial charge is 0.104 e. The lowest BCUT2D eigenvalue weighted by atomic mass is 10.1. The largest absolute Gasteiger partial charge is 0.239 e. The molecule has 2 heterocycles. The third-order valence-electron chi connectivity index (χ3n) is 5.91. The van der Waals surface area contributed by atoms with Crippen LogP contribution in [0.1, 0.15) is 30.7 Å². The molecule has 2 aromatic carbocycles. The maximum atomic E-state index is 4.61. The summed E-state index contributed by atoms with van der Waals surface area (Å²) >= 11 is 0. The van der Waals surface area contributed by atoms with Gasteiger partial charge in [-0.05, 0) is 54.4 Å². The average Bonchev–Trinajstić information content (AvgIpc) is 3.46. The lowest BCUT2D eigenvalue weighted by Gasteiger charge is -2.03. The van der Waals surface area contributed by atoms with E-state index in [-0.39, 0.29) is 0 Å². The molecule has 122 valence electrons. The Morgan fingerprint density at radius 1 is 0.920 bits per heavy atom. The van der Waals surface area contributed by atoms with Crippen LogP contribution in [0, 0.1) is 5.41 Å². The fraction of sp³-hybridized carbons (Fsp3) is 0.238. The monoisotopic (exact) mass is 326 g/mol. The number of aromatic nitrogens is 4. The van der Waals surface area contributed by atoms with E-state index in [4.69, 9.17) is 0 Å². The van der Waals surface area contributed by atoms with E-state index in [9.17, 15) is 0 Å². The minimum absolute atomic E-state index is 0.677. The van der Waals surface area contributed by atoms with Gasteiger partial charge in [-0.15, -0.1) is 0 Å². The first kappa shape index (κ1) is 13.4. The van der Waals surface area contributed by atoms with Crippen molar-refractivity contribution in [2.45, 2.75) is 25.2 Å². The molecule has 0 aliphatic heterocycles. The summed E-state index contributed by atoms with van der Waals surface area (Å²) in [6, 6.07) is 17.0. The van der Waals surface area contributed by atoms with Gasteiger partial charge >= 0.3 is 0 Å². The zero-order chi connectivity index (χ0) is 16.4. The van der Waals surface area contributed by atoms with Crippen LogP contribution in [0.2, 0.25) is 0 Å². The molecule has 4 heteroatoms. The third-order valence-corrected chi connectivity index (χ3v) is 5.91. The molecule has 6 rings (SSSR count). The summed E-state index contributed by atoms with van der Waals surface area (Å²) in [7, 11) is 0. The molecule has 0 saturated heterocycles. The Labute approximate surface area is 145 Å². The molecule has 1 unspecified atom stereocenters. The van der Waals surface area contributed by atoms with Crippen LogP contribution in [0.15, 0.2) is 67.1 Å². The lowest BCUT2D eigenvalue weighted by molar-refractivity contribution is 0.839. The number of hydrogen-bond donors (Lipinski definition) is 0. The number of benzene rings is 2. The maximum Gasteiger partial charge on any atom is 0.104 e. The molecule has 2 aromatic heterocycles. The van der Waals surface area contributed by atoms with E-state index in [0.717, 1.165) is 17.3 Å². The molecule has 1 atom stereocenters. The van der Waals surface area contributed by atoms with Crippen molar-refractivity contribution in [3.05, 3.63) is 72.7 Å². The molecule has 4 aromatic rings. The zero-order valence-electron chi connectivity index (χ0n) is 13.8. The molecular weight excluding hydrogens is 308 g/mol. The first-order valence-electron chi connectivity index (χ1n) is 8.91. The average molecular weight is 326 g/mol. The Hall–Kier alpha value is -2.88. The van der Waals surface area contributed by atoms with Crippen molar-refractivity contribution < 1.29 is 0 Å². The van der Waals surface area contributed by atoms with Gasteiger partial charge in [0.05, 0.1) is 29.8 Å². The first-order chi connectivity index (χ1) is 12.3. The van der Waals surface area contributed by atoms with Crippen molar-refractivity contribution in [2.75, 3.05) is 0 Å². The normalized spacial score (nSPS) is 20.2. The van der Waals surface area contributed by atoms with E-state index in [0.29, 0.717) is 5.41 Å². The topological polar surface area (TPSA) is 35.6 Å². The predicted octanol–water partition coefficient (Wildman–Crippen LogP) is 4.48. The van der Waals surface area contributed by atoms with Crippen LogP contribution >= 0.6 is 0 Å². The fourth-order valence-corrected chi connectivity index (χ4v) is 4.13. The van der Waals surface area contributed by atoms with Crippen LogP contribution in [-0.4, -0.2) is 19.6 Å². The molecule has 0 radical (unpaired) electrons. The van der Waals surface area contributed by atoms with Crippen LogP contribution in [-0.2, 0) is 0 Å². The van der Waals surface area contributed by atoms with Crippen LogP contribution in [0.3, 0.4) is 0 Å². The molecule has 2 aliphatic carbocycles. The Morgan fingerprint density at radius 2 is 1.80 bits per heavy atom. The zero-order valence-corrected chi connectivity index (χ0v) is 13.8. The summed E-state index contributed by atoms with van der Waals surface area (Å²) in [5, 5.41) is 10.3. The van der Waals surface area contributed by atoms with E-state index < -0.39 is 0 Å². The van der Waals surface area contributed by atoms with Gasteiger partial charge in [-0.1, -0.05) is 30.3 Å². The minimum Gasteiger partial charge on any atom is -0.239 e. The number of para-hydroxylation sites is 1. The molecule has 1 spiro atoms. The molecule has 2 aliphatic rings. The predicted molar refractivity (Wildman–Crippen MR) is 97.2 cm³/mol. The van der Waals surface area contributed by atoms with E-state index in [1.54, 1.807) is 0 Å². The second-order valence-corrected chi connectivity index (χ2v) is 7.47. The Kier molecular flexibility index (Phi) is 2.47. The molecule has 0 bridgehead atoms. The summed E-state index contributed by atoms with van der Waals surface area (Å²) in [5.74, 6) is 0.771. The summed E-state index contributed by atoms with van der Waals surface area (Å²) in [6.07, 6.45) is 10.1. The van der Waals surface area contributed by atoms with Gasteiger partial charge in [0.2, 0.25) is 0 Å². The highest BCUT2D eigenvalue weighted by atomic mass is 15.3. The molecular formula is C21H18N4. The standard InChI is InChI=1S/C21H18N4/c1-2-4-17(5-3-1)24-14-18(13-22-24)25-20-10-15(6-7-16(20)12-23-25)19-11-21(19)8-9-21/h1-7,10,12-14,19H,8-9,11H2. The summed E-state index contributed by atoms with van der Waals surface area (Å²) in [5.41, 5.74) is 5.37. The van der Waals surface area contributed by atoms with Gasteiger partial charge in [0.25, 0.3) is 0 Å².